The van der Waals surface area contributed by atoms with E-state index in [4.69, 9.17) is 4.74 Å². The van der Waals surface area contributed by atoms with E-state index in [2.05, 4.69) is 5.32 Å². The molecule has 2 aromatic rings. The second-order valence-corrected chi connectivity index (χ2v) is 4.98. The lowest BCUT2D eigenvalue weighted by Gasteiger charge is -2.12. The summed E-state index contributed by atoms with van der Waals surface area (Å²) in [6.07, 6.45) is 0. The van der Waals surface area contributed by atoms with Crippen LogP contribution in [0.25, 0.3) is 0 Å². The van der Waals surface area contributed by atoms with E-state index in [9.17, 15) is 4.79 Å². The lowest BCUT2D eigenvalue weighted by Crippen LogP contribution is -2.14. The van der Waals surface area contributed by atoms with E-state index in [0.717, 1.165) is 16.8 Å². The van der Waals surface area contributed by atoms with Crippen molar-refractivity contribution in [1.82, 2.24) is 0 Å². The van der Waals surface area contributed by atoms with Crippen LogP contribution in [0.3, 0.4) is 0 Å². The van der Waals surface area contributed by atoms with Crippen molar-refractivity contribution in [3.63, 3.8) is 0 Å². The summed E-state index contributed by atoms with van der Waals surface area (Å²) in [7, 11) is 1.57. The van der Waals surface area contributed by atoms with E-state index in [1.54, 1.807) is 7.11 Å². The highest BCUT2D eigenvalue weighted by atomic mass is 16.5. The highest BCUT2D eigenvalue weighted by molar-refractivity contribution is 6.06. The number of hydrogen-bond acceptors (Lipinski definition) is 2. The fourth-order valence-corrected chi connectivity index (χ4v) is 2.14. The van der Waals surface area contributed by atoms with Crippen molar-refractivity contribution in [1.29, 1.82) is 0 Å². The summed E-state index contributed by atoms with van der Waals surface area (Å²) in [6, 6.07) is 11.5. The van der Waals surface area contributed by atoms with Crippen molar-refractivity contribution >= 4 is 11.6 Å². The van der Waals surface area contributed by atoms with Crippen LogP contribution >= 0.6 is 0 Å². The molecule has 2 rings (SSSR count). The fraction of sp³-hybridized carbons (Fsp3) is 0.235. The molecule has 0 heterocycles. The predicted octanol–water partition coefficient (Wildman–Crippen LogP) is 3.87. The number of carbonyl (C=O) groups is 1. The second-order valence-electron chi connectivity index (χ2n) is 4.98. The molecule has 0 fully saturated rings. The van der Waals surface area contributed by atoms with E-state index in [1.807, 2.05) is 57.2 Å². The number of amides is 1. The van der Waals surface area contributed by atoms with Crippen molar-refractivity contribution in [2.75, 3.05) is 12.4 Å². The Morgan fingerprint density at radius 2 is 1.65 bits per heavy atom. The van der Waals surface area contributed by atoms with Crippen LogP contribution in [0.4, 0.5) is 5.69 Å². The standard InChI is InChI=1S/C17H19NO2/c1-11-5-7-15(13(3)9-11)18-17(19)14-10-12(2)6-8-16(14)20-4/h5-10H,1-4H3,(H,18,19). The van der Waals surface area contributed by atoms with Crippen molar-refractivity contribution < 1.29 is 9.53 Å². The van der Waals surface area contributed by atoms with Gasteiger partial charge in [-0.05, 0) is 44.5 Å². The first-order valence-corrected chi connectivity index (χ1v) is 6.54. The molecular weight excluding hydrogens is 250 g/mol. The van der Waals surface area contributed by atoms with Gasteiger partial charge in [0.05, 0.1) is 12.7 Å². The minimum atomic E-state index is -0.155. The van der Waals surface area contributed by atoms with Crippen LogP contribution < -0.4 is 10.1 Å². The molecule has 0 aliphatic rings. The summed E-state index contributed by atoms with van der Waals surface area (Å²) in [6.45, 7) is 5.96. The number of ether oxygens (including phenoxy) is 1. The summed E-state index contributed by atoms with van der Waals surface area (Å²) < 4.78 is 5.25. The van der Waals surface area contributed by atoms with Crippen LogP contribution in [0.15, 0.2) is 36.4 Å². The Hall–Kier alpha value is -2.29. The number of nitrogens with one attached hydrogen (secondary N) is 1. The Morgan fingerprint density at radius 1 is 1.00 bits per heavy atom. The van der Waals surface area contributed by atoms with Crippen LogP contribution in [0.5, 0.6) is 5.75 Å². The van der Waals surface area contributed by atoms with Crippen LogP contribution in [-0.4, -0.2) is 13.0 Å². The summed E-state index contributed by atoms with van der Waals surface area (Å²) in [5.41, 5.74) is 4.62. The van der Waals surface area contributed by atoms with Gasteiger partial charge in [0.15, 0.2) is 0 Å². The summed E-state index contributed by atoms with van der Waals surface area (Å²) in [5.74, 6) is 0.426. The zero-order chi connectivity index (χ0) is 14.7. The van der Waals surface area contributed by atoms with Gasteiger partial charge in [-0.1, -0.05) is 29.3 Å². The molecule has 3 nitrogen and oxygen atoms in total. The fourth-order valence-electron chi connectivity index (χ4n) is 2.14. The van der Waals surface area contributed by atoms with Gasteiger partial charge >= 0.3 is 0 Å². The summed E-state index contributed by atoms with van der Waals surface area (Å²) in [5, 5.41) is 2.94. The van der Waals surface area contributed by atoms with E-state index in [0.29, 0.717) is 11.3 Å². The molecule has 0 bridgehead atoms. The molecule has 0 saturated heterocycles. The lowest BCUT2D eigenvalue weighted by atomic mass is 10.1. The maximum absolute atomic E-state index is 12.4. The number of rotatable bonds is 3. The zero-order valence-electron chi connectivity index (χ0n) is 12.3. The number of methoxy groups -OCH3 is 1. The first kappa shape index (κ1) is 14.1. The molecular formula is C17H19NO2. The third kappa shape index (κ3) is 2.99. The Kier molecular flexibility index (Phi) is 4.08. The minimum absolute atomic E-state index is 0.155. The average Bonchev–Trinajstić information content (AvgIpc) is 2.41. The molecule has 0 unspecified atom stereocenters. The molecule has 3 heteroatoms. The SMILES string of the molecule is COc1ccc(C)cc1C(=O)Nc1ccc(C)cc1C. The quantitative estimate of drug-likeness (QED) is 0.918. The third-order valence-corrected chi connectivity index (χ3v) is 3.23. The molecule has 20 heavy (non-hydrogen) atoms. The lowest BCUT2D eigenvalue weighted by molar-refractivity contribution is 0.102. The molecule has 0 spiro atoms. The van der Waals surface area contributed by atoms with Gasteiger partial charge in [0.2, 0.25) is 0 Å². The van der Waals surface area contributed by atoms with E-state index in [-0.39, 0.29) is 5.91 Å². The van der Waals surface area contributed by atoms with Gasteiger partial charge in [0.25, 0.3) is 5.91 Å². The summed E-state index contributed by atoms with van der Waals surface area (Å²) >= 11 is 0. The average molecular weight is 269 g/mol. The minimum Gasteiger partial charge on any atom is -0.496 e. The van der Waals surface area contributed by atoms with E-state index < -0.39 is 0 Å². The van der Waals surface area contributed by atoms with Gasteiger partial charge in [0.1, 0.15) is 5.75 Å². The molecule has 2 aromatic carbocycles. The molecule has 1 amide bonds. The van der Waals surface area contributed by atoms with Crippen LogP contribution in [0, 0.1) is 20.8 Å². The predicted molar refractivity (Wildman–Crippen MR) is 81.6 cm³/mol. The van der Waals surface area contributed by atoms with Crippen molar-refractivity contribution in [3.05, 3.63) is 58.7 Å². The molecule has 0 radical (unpaired) electrons. The first-order valence-electron chi connectivity index (χ1n) is 6.54. The monoisotopic (exact) mass is 269 g/mol. The van der Waals surface area contributed by atoms with Crippen molar-refractivity contribution in [3.8, 4) is 5.75 Å². The Balaban J connectivity index is 2.30. The maximum Gasteiger partial charge on any atom is 0.259 e. The number of hydrogen-bond donors (Lipinski definition) is 1. The number of anilines is 1. The molecule has 0 aliphatic heterocycles. The van der Waals surface area contributed by atoms with Gasteiger partial charge in [-0.3, -0.25) is 4.79 Å². The molecule has 104 valence electrons. The molecule has 1 N–H and O–H groups in total. The smallest absolute Gasteiger partial charge is 0.259 e. The maximum atomic E-state index is 12.4. The number of aryl methyl sites for hydroxylation is 3. The second kappa shape index (κ2) is 5.78. The summed E-state index contributed by atoms with van der Waals surface area (Å²) in [4.78, 5) is 12.4. The highest BCUT2D eigenvalue weighted by Gasteiger charge is 2.13. The highest BCUT2D eigenvalue weighted by Crippen LogP contribution is 2.22. The van der Waals surface area contributed by atoms with Crippen molar-refractivity contribution in [2.45, 2.75) is 20.8 Å². The van der Waals surface area contributed by atoms with Crippen molar-refractivity contribution in [2.24, 2.45) is 0 Å². The largest absolute Gasteiger partial charge is 0.496 e. The van der Waals surface area contributed by atoms with Gasteiger partial charge in [-0.2, -0.15) is 0 Å². The van der Waals surface area contributed by atoms with Gasteiger partial charge in [0, 0.05) is 5.69 Å². The zero-order valence-corrected chi connectivity index (χ0v) is 12.3. The van der Waals surface area contributed by atoms with E-state index >= 15 is 0 Å². The topological polar surface area (TPSA) is 38.3 Å². The molecule has 0 aromatic heterocycles. The third-order valence-electron chi connectivity index (χ3n) is 3.23. The first-order chi connectivity index (χ1) is 9.51. The Bertz CT molecular complexity index is 647. The Morgan fingerprint density at radius 3 is 2.30 bits per heavy atom. The van der Waals surface area contributed by atoms with Crippen LogP contribution in [-0.2, 0) is 0 Å². The van der Waals surface area contributed by atoms with Gasteiger partial charge in [-0.15, -0.1) is 0 Å². The molecule has 0 saturated carbocycles. The Labute approximate surface area is 119 Å². The van der Waals surface area contributed by atoms with E-state index in [1.165, 1.54) is 5.56 Å². The normalized spacial score (nSPS) is 10.2. The van der Waals surface area contributed by atoms with Crippen LogP contribution in [0.2, 0.25) is 0 Å². The number of benzene rings is 2. The van der Waals surface area contributed by atoms with Gasteiger partial charge in [-0.25, -0.2) is 0 Å². The molecule has 0 aliphatic carbocycles. The van der Waals surface area contributed by atoms with Crippen LogP contribution in [0.1, 0.15) is 27.0 Å². The number of carbonyl (C=O) groups excluding carboxylic acids is 1. The molecule has 0 atom stereocenters. The van der Waals surface area contributed by atoms with Gasteiger partial charge < -0.3 is 10.1 Å².